The summed E-state index contributed by atoms with van der Waals surface area (Å²) in [6.07, 6.45) is 1.37. The molecular weight excluding hydrogens is 256 g/mol. The highest BCUT2D eigenvalue weighted by atomic mass is 15.2. The Hall–Kier alpha value is -0.860. The monoisotopic (exact) mass is 288 g/mol. The van der Waals surface area contributed by atoms with Gasteiger partial charge in [-0.2, -0.15) is 0 Å². The van der Waals surface area contributed by atoms with E-state index in [4.69, 9.17) is 0 Å². The number of hydrogen-bond donors (Lipinski definition) is 1. The van der Waals surface area contributed by atoms with Gasteiger partial charge in [-0.1, -0.05) is 45.0 Å². The summed E-state index contributed by atoms with van der Waals surface area (Å²) in [5.41, 5.74) is 2.88. The second kappa shape index (κ2) is 7.42. The van der Waals surface area contributed by atoms with Crippen LogP contribution in [0.3, 0.4) is 0 Å². The normalized spacial score (nSPS) is 28.5. The molecule has 0 amide bonds. The van der Waals surface area contributed by atoms with Crippen molar-refractivity contribution in [2.45, 2.75) is 52.6 Å². The molecule has 1 aromatic carbocycles. The molecule has 4 unspecified atom stereocenters. The van der Waals surface area contributed by atoms with Gasteiger partial charge in [0.15, 0.2) is 0 Å². The van der Waals surface area contributed by atoms with Gasteiger partial charge in [-0.25, -0.2) is 0 Å². The second-order valence-corrected chi connectivity index (χ2v) is 7.19. The Bertz CT molecular complexity index is 426. The van der Waals surface area contributed by atoms with Crippen molar-refractivity contribution in [3.63, 3.8) is 0 Å². The zero-order chi connectivity index (χ0) is 15.4. The van der Waals surface area contributed by atoms with Crippen LogP contribution in [0.5, 0.6) is 0 Å². The molecule has 2 heteroatoms. The highest BCUT2D eigenvalue weighted by molar-refractivity contribution is 5.25. The van der Waals surface area contributed by atoms with E-state index in [1.165, 1.54) is 24.1 Å². The maximum Gasteiger partial charge on any atom is 0.0236 e. The number of rotatable bonds is 5. The van der Waals surface area contributed by atoms with Gasteiger partial charge in [-0.15, -0.1) is 0 Å². The van der Waals surface area contributed by atoms with Gasteiger partial charge >= 0.3 is 0 Å². The molecule has 0 aliphatic carbocycles. The van der Waals surface area contributed by atoms with Crippen molar-refractivity contribution in [1.82, 2.24) is 10.2 Å². The summed E-state index contributed by atoms with van der Waals surface area (Å²) in [6, 6.07) is 9.94. The summed E-state index contributed by atoms with van der Waals surface area (Å²) in [4.78, 5) is 2.66. The molecule has 1 aliphatic rings. The fourth-order valence-electron chi connectivity index (χ4n) is 3.65. The molecule has 118 valence electrons. The second-order valence-electron chi connectivity index (χ2n) is 7.19. The van der Waals surface area contributed by atoms with Gasteiger partial charge in [0.2, 0.25) is 0 Å². The SMILES string of the molecule is CNCC(C)c1ccc(CN2CC(C)CC(C)C2C)cc1. The predicted molar refractivity (Wildman–Crippen MR) is 91.6 cm³/mol. The summed E-state index contributed by atoms with van der Waals surface area (Å²) >= 11 is 0. The Morgan fingerprint density at radius 1 is 1.19 bits per heavy atom. The fraction of sp³-hybridized carbons (Fsp3) is 0.684. The van der Waals surface area contributed by atoms with Gasteiger partial charge < -0.3 is 5.32 Å². The van der Waals surface area contributed by atoms with Crippen LogP contribution in [0.15, 0.2) is 24.3 Å². The van der Waals surface area contributed by atoms with Gasteiger partial charge in [0.1, 0.15) is 0 Å². The lowest BCUT2D eigenvalue weighted by Gasteiger charge is -2.41. The van der Waals surface area contributed by atoms with Gasteiger partial charge in [0.05, 0.1) is 0 Å². The lowest BCUT2D eigenvalue weighted by atomic mass is 9.85. The molecule has 2 nitrogen and oxygen atoms in total. The topological polar surface area (TPSA) is 15.3 Å². The number of nitrogens with zero attached hydrogens (tertiary/aromatic N) is 1. The zero-order valence-corrected chi connectivity index (χ0v) is 14.4. The van der Waals surface area contributed by atoms with Crippen LogP contribution in [0.25, 0.3) is 0 Å². The van der Waals surface area contributed by atoms with E-state index in [0.29, 0.717) is 12.0 Å². The number of piperidine rings is 1. The van der Waals surface area contributed by atoms with Crippen molar-refractivity contribution in [2.24, 2.45) is 11.8 Å². The Balaban J connectivity index is 1.99. The van der Waals surface area contributed by atoms with E-state index in [1.54, 1.807) is 0 Å². The number of nitrogens with one attached hydrogen (secondary N) is 1. The molecule has 21 heavy (non-hydrogen) atoms. The third-order valence-corrected chi connectivity index (χ3v) is 5.16. The molecular formula is C19H32N2. The van der Waals surface area contributed by atoms with Crippen LogP contribution in [0.4, 0.5) is 0 Å². The zero-order valence-electron chi connectivity index (χ0n) is 14.4. The fourth-order valence-corrected chi connectivity index (χ4v) is 3.65. The largest absolute Gasteiger partial charge is 0.319 e. The number of likely N-dealkylation sites (N-methyl/N-ethyl adjacent to an activating group) is 1. The summed E-state index contributed by atoms with van der Waals surface area (Å²) in [5, 5.41) is 3.25. The maximum absolute atomic E-state index is 3.25. The van der Waals surface area contributed by atoms with Crippen LogP contribution in [-0.2, 0) is 6.54 Å². The first-order valence-corrected chi connectivity index (χ1v) is 8.48. The van der Waals surface area contributed by atoms with Crippen LogP contribution in [0.2, 0.25) is 0 Å². The van der Waals surface area contributed by atoms with Crippen LogP contribution in [-0.4, -0.2) is 31.1 Å². The predicted octanol–water partition coefficient (Wildman–Crippen LogP) is 3.88. The quantitative estimate of drug-likeness (QED) is 0.884. The van der Waals surface area contributed by atoms with E-state index in [1.807, 2.05) is 7.05 Å². The molecule has 1 saturated heterocycles. The van der Waals surface area contributed by atoms with Crippen molar-refractivity contribution in [1.29, 1.82) is 0 Å². The average Bonchev–Trinajstić information content (AvgIpc) is 2.45. The summed E-state index contributed by atoms with van der Waals surface area (Å²) in [6.45, 7) is 12.8. The van der Waals surface area contributed by atoms with Crippen molar-refractivity contribution >= 4 is 0 Å². The first-order valence-electron chi connectivity index (χ1n) is 8.48. The highest BCUT2D eigenvalue weighted by Gasteiger charge is 2.28. The molecule has 1 fully saturated rings. The lowest BCUT2D eigenvalue weighted by Crippen LogP contribution is -2.45. The van der Waals surface area contributed by atoms with Gasteiger partial charge in [-0.05, 0) is 49.3 Å². The molecule has 1 aromatic rings. The van der Waals surface area contributed by atoms with Crippen molar-refractivity contribution in [3.8, 4) is 0 Å². The molecule has 0 spiro atoms. The molecule has 4 atom stereocenters. The van der Waals surface area contributed by atoms with Gasteiger partial charge in [0.25, 0.3) is 0 Å². The first-order chi connectivity index (χ1) is 10.0. The Labute approximate surface area is 130 Å². The van der Waals surface area contributed by atoms with E-state index in [0.717, 1.165) is 24.9 Å². The molecule has 0 radical (unpaired) electrons. The minimum absolute atomic E-state index is 0.581. The van der Waals surface area contributed by atoms with E-state index in [2.05, 4.69) is 62.2 Å². The molecule has 1 aliphatic heterocycles. The molecule has 0 saturated carbocycles. The molecule has 1 heterocycles. The van der Waals surface area contributed by atoms with Crippen LogP contribution < -0.4 is 5.32 Å². The smallest absolute Gasteiger partial charge is 0.0236 e. The summed E-state index contributed by atoms with van der Waals surface area (Å²) in [7, 11) is 2.02. The van der Waals surface area contributed by atoms with Gasteiger partial charge in [0, 0.05) is 25.7 Å². The Morgan fingerprint density at radius 3 is 2.48 bits per heavy atom. The summed E-state index contributed by atoms with van der Waals surface area (Å²) < 4.78 is 0. The first kappa shape index (κ1) is 16.5. The van der Waals surface area contributed by atoms with E-state index in [9.17, 15) is 0 Å². The molecule has 0 bridgehead atoms. The lowest BCUT2D eigenvalue weighted by molar-refractivity contribution is 0.0729. The van der Waals surface area contributed by atoms with E-state index in [-0.39, 0.29) is 0 Å². The van der Waals surface area contributed by atoms with E-state index >= 15 is 0 Å². The van der Waals surface area contributed by atoms with Crippen LogP contribution in [0.1, 0.15) is 51.2 Å². The number of likely N-dealkylation sites (tertiary alicyclic amines) is 1. The third-order valence-electron chi connectivity index (χ3n) is 5.16. The number of hydrogen-bond acceptors (Lipinski definition) is 2. The molecule has 1 N–H and O–H groups in total. The van der Waals surface area contributed by atoms with E-state index < -0.39 is 0 Å². The maximum atomic E-state index is 3.25. The molecule has 2 rings (SSSR count). The van der Waals surface area contributed by atoms with Crippen molar-refractivity contribution in [3.05, 3.63) is 35.4 Å². The van der Waals surface area contributed by atoms with Gasteiger partial charge in [-0.3, -0.25) is 4.90 Å². The minimum atomic E-state index is 0.581. The summed E-state index contributed by atoms with van der Waals surface area (Å²) in [5.74, 6) is 2.22. The average molecular weight is 288 g/mol. The number of benzene rings is 1. The van der Waals surface area contributed by atoms with Crippen molar-refractivity contribution in [2.75, 3.05) is 20.1 Å². The highest BCUT2D eigenvalue weighted by Crippen LogP contribution is 2.28. The Morgan fingerprint density at radius 2 is 1.86 bits per heavy atom. The van der Waals surface area contributed by atoms with Crippen molar-refractivity contribution < 1.29 is 0 Å². The third kappa shape index (κ3) is 4.31. The van der Waals surface area contributed by atoms with Crippen LogP contribution in [0, 0.1) is 11.8 Å². The van der Waals surface area contributed by atoms with Crippen LogP contribution >= 0.6 is 0 Å². The minimum Gasteiger partial charge on any atom is -0.319 e. The molecule has 0 aromatic heterocycles. The Kier molecular flexibility index (Phi) is 5.83. The standard InChI is InChI=1S/C19H32N2/c1-14-10-15(2)17(4)21(12-14)13-18-6-8-19(9-7-18)16(3)11-20-5/h6-9,14-17,20H,10-13H2,1-5H3.